The van der Waals surface area contributed by atoms with Crippen molar-refractivity contribution >= 4 is 0 Å². The molecule has 0 heterocycles. The minimum Gasteiger partial charge on any atom is -0.0683 e. The highest BCUT2D eigenvalue weighted by Crippen LogP contribution is 2.32. The summed E-state index contributed by atoms with van der Waals surface area (Å²) in [5, 5.41) is 0. The quantitative estimate of drug-likeness (QED) is 0.560. The van der Waals surface area contributed by atoms with Crippen LogP contribution >= 0.6 is 0 Å². The van der Waals surface area contributed by atoms with E-state index in [2.05, 4.69) is 13.8 Å². The lowest BCUT2D eigenvalue weighted by molar-refractivity contribution is 0.474. The van der Waals surface area contributed by atoms with Gasteiger partial charge < -0.3 is 0 Å². The fourth-order valence-electron chi connectivity index (χ4n) is 2.00. The summed E-state index contributed by atoms with van der Waals surface area (Å²) in [5.41, 5.74) is 0. The van der Waals surface area contributed by atoms with Crippen LogP contribution in [0.3, 0.4) is 0 Å². The molecule has 0 amide bonds. The van der Waals surface area contributed by atoms with Gasteiger partial charge in [0, 0.05) is 0 Å². The lowest BCUT2D eigenvalue weighted by Gasteiger charge is -2.05. The van der Waals surface area contributed by atoms with E-state index < -0.39 is 0 Å². The maximum absolute atomic E-state index is 2.38. The summed E-state index contributed by atoms with van der Waals surface area (Å²) in [7, 11) is 0. The molecular formula is C11H24. The zero-order valence-electron chi connectivity index (χ0n) is 8.69. The Morgan fingerprint density at radius 1 is 1.18 bits per heavy atom. The Bertz CT molecular complexity index is 74.1. The molecule has 11 heavy (non-hydrogen) atoms. The first kappa shape index (κ1) is 11.0. The smallest absolute Gasteiger partial charge is 0.0412 e. The molecule has 0 aliphatic heterocycles. The third-order valence-corrected chi connectivity index (χ3v) is 2.50. The van der Waals surface area contributed by atoms with Gasteiger partial charge in [-0.25, -0.2) is 0 Å². The second kappa shape index (κ2) is 6.69. The van der Waals surface area contributed by atoms with Gasteiger partial charge in [-0.2, -0.15) is 0 Å². The van der Waals surface area contributed by atoms with E-state index in [1.165, 1.54) is 32.1 Å². The average Bonchev–Trinajstić information content (AvgIpc) is 2.41. The predicted octanol–water partition coefficient (Wildman–Crippen LogP) is 4.25. The van der Waals surface area contributed by atoms with E-state index in [4.69, 9.17) is 0 Å². The highest BCUT2D eigenvalue weighted by Gasteiger charge is 2.19. The van der Waals surface area contributed by atoms with Crippen molar-refractivity contribution in [2.45, 2.75) is 59.8 Å². The molecule has 1 aliphatic rings. The van der Waals surface area contributed by atoms with Crippen molar-refractivity contribution < 1.29 is 0 Å². The summed E-state index contributed by atoms with van der Waals surface area (Å²) < 4.78 is 0. The van der Waals surface area contributed by atoms with Crippen molar-refractivity contribution in [2.75, 3.05) is 0 Å². The molecule has 0 N–H and O–H groups in total. The van der Waals surface area contributed by atoms with Crippen LogP contribution in [-0.4, -0.2) is 0 Å². The van der Waals surface area contributed by atoms with E-state index in [0.29, 0.717) is 0 Å². The second-order valence-electron chi connectivity index (χ2n) is 3.57. The molecule has 68 valence electrons. The highest BCUT2D eigenvalue weighted by molar-refractivity contribution is 4.71. The van der Waals surface area contributed by atoms with E-state index in [-0.39, 0.29) is 0 Å². The Balaban J connectivity index is 0.000000461. The van der Waals surface area contributed by atoms with Gasteiger partial charge in [0.05, 0.1) is 0 Å². The van der Waals surface area contributed by atoms with Crippen molar-refractivity contribution in [3.8, 4) is 0 Å². The molecule has 0 aromatic rings. The standard InChI is InChI=1S/C9H18.C2H6/c1-3-4-9-6-5-8(2)7-9;1-2/h8-9H,3-7H2,1-2H3;1-2H3. The van der Waals surface area contributed by atoms with Crippen molar-refractivity contribution in [3.05, 3.63) is 0 Å². The third-order valence-electron chi connectivity index (χ3n) is 2.50. The first-order valence-corrected chi connectivity index (χ1v) is 5.33. The van der Waals surface area contributed by atoms with Crippen LogP contribution in [0.15, 0.2) is 0 Å². The van der Waals surface area contributed by atoms with Crippen molar-refractivity contribution in [3.63, 3.8) is 0 Å². The summed E-state index contributed by atoms with van der Waals surface area (Å²) in [5.74, 6) is 2.12. The van der Waals surface area contributed by atoms with E-state index in [0.717, 1.165) is 11.8 Å². The van der Waals surface area contributed by atoms with E-state index in [1.807, 2.05) is 13.8 Å². The summed E-state index contributed by atoms with van der Waals surface area (Å²) in [6.07, 6.45) is 7.37. The van der Waals surface area contributed by atoms with Crippen molar-refractivity contribution in [1.29, 1.82) is 0 Å². The van der Waals surface area contributed by atoms with E-state index in [1.54, 1.807) is 0 Å². The van der Waals surface area contributed by atoms with Crippen LogP contribution < -0.4 is 0 Å². The molecule has 0 aromatic carbocycles. The molecule has 0 heteroatoms. The maximum Gasteiger partial charge on any atom is -0.0412 e. The molecule has 1 saturated carbocycles. The predicted molar refractivity (Wildman–Crippen MR) is 52.8 cm³/mol. The van der Waals surface area contributed by atoms with Crippen LogP contribution in [0.25, 0.3) is 0 Å². The molecule has 0 aromatic heterocycles. The number of hydrogen-bond donors (Lipinski definition) is 0. The Hall–Kier alpha value is 0. The third kappa shape index (κ3) is 4.44. The number of hydrogen-bond acceptors (Lipinski definition) is 0. The molecule has 0 radical (unpaired) electrons. The fourth-order valence-corrected chi connectivity index (χ4v) is 2.00. The minimum atomic E-state index is 1.03. The second-order valence-corrected chi connectivity index (χ2v) is 3.57. The summed E-state index contributed by atoms with van der Waals surface area (Å²) in [6.45, 7) is 8.68. The Morgan fingerprint density at radius 2 is 1.82 bits per heavy atom. The van der Waals surface area contributed by atoms with Crippen LogP contribution in [0, 0.1) is 11.8 Å². The Labute approximate surface area is 72.4 Å². The molecular weight excluding hydrogens is 132 g/mol. The van der Waals surface area contributed by atoms with Crippen LogP contribution in [0.2, 0.25) is 0 Å². The zero-order valence-corrected chi connectivity index (χ0v) is 8.69. The van der Waals surface area contributed by atoms with Gasteiger partial charge in [-0.05, 0) is 18.3 Å². The molecule has 0 saturated heterocycles. The molecule has 1 aliphatic carbocycles. The SMILES string of the molecule is CC.CCCC1CCC(C)C1. The molecule has 2 atom stereocenters. The Morgan fingerprint density at radius 3 is 2.18 bits per heavy atom. The number of rotatable bonds is 2. The van der Waals surface area contributed by atoms with Crippen LogP contribution in [-0.2, 0) is 0 Å². The summed E-state index contributed by atoms with van der Waals surface area (Å²) >= 11 is 0. The normalized spacial score (nSPS) is 29.5. The maximum atomic E-state index is 2.38. The zero-order chi connectivity index (χ0) is 8.69. The Kier molecular flexibility index (Phi) is 6.69. The van der Waals surface area contributed by atoms with Gasteiger partial charge in [0.15, 0.2) is 0 Å². The van der Waals surface area contributed by atoms with Gasteiger partial charge in [-0.1, -0.05) is 53.4 Å². The van der Waals surface area contributed by atoms with Crippen LogP contribution in [0.1, 0.15) is 59.8 Å². The average molecular weight is 156 g/mol. The molecule has 2 unspecified atom stereocenters. The lowest BCUT2D eigenvalue weighted by atomic mass is 10.0. The van der Waals surface area contributed by atoms with Gasteiger partial charge in [-0.15, -0.1) is 0 Å². The highest BCUT2D eigenvalue weighted by atomic mass is 14.2. The summed E-state index contributed by atoms with van der Waals surface area (Å²) in [4.78, 5) is 0. The lowest BCUT2D eigenvalue weighted by Crippen LogP contribution is -1.92. The molecule has 0 bridgehead atoms. The first-order chi connectivity index (χ1) is 5.33. The molecule has 1 fully saturated rings. The van der Waals surface area contributed by atoms with Crippen molar-refractivity contribution in [2.24, 2.45) is 11.8 Å². The topological polar surface area (TPSA) is 0 Å². The van der Waals surface area contributed by atoms with Gasteiger partial charge in [0.2, 0.25) is 0 Å². The van der Waals surface area contributed by atoms with E-state index >= 15 is 0 Å². The van der Waals surface area contributed by atoms with Gasteiger partial charge in [0.1, 0.15) is 0 Å². The molecule has 1 rings (SSSR count). The van der Waals surface area contributed by atoms with Gasteiger partial charge >= 0.3 is 0 Å². The molecule has 0 nitrogen and oxygen atoms in total. The van der Waals surface area contributed by atoms with E-state index in [9.17, 15) is 0 Å². The van der Waals surface area contributed by atoms with Gasteiger partial charge in [0.25, 0.3) is 0 Å². The monoisotopic (exact) mass is 156 g/mol. The van der Waals surface area contributed by atoms with Crippen LogP contribution in [0.5, 0.6) is 0 Å². The fraction of sp³-hybridized carbons (Fsp3) is 1.00. The van der Waals surface area contributed by atoms with Crippen molar-refractivity contribution in [1.82, 2.24) is 0 Å². The largest absolute Gasteiger partial charge is 0.0683 e. The van der Waals surface area contributed by atoms with Gasteiger partial charge in [-0.3, -0.25) is 0 Å². The molecule has 0 spiro atoms. The minimum absolute atomic E-state index is 1.03. The summed E-state index contributed by atoms with van der Waals surface area (Å²) in [6, 6.07) is 0. The first-order valence-electron chi connectivity index (χ1n) is 5.33. The van der Waals surface area contributed by atoms with Crippen LogP contribution in [0.4, 0.5) is 0 Å².